The molecule has 53 heavy (non-hydrogen) atoms. The van der Waals surface area contributed by atoms with Crippen LogP contribution in [0.4, 0.5) is 11.9 Å². The molecule has 6 N–H and O–H groups in total. The molecule has 278 valence electrons. The molecule has 0 spiro atoms. The molecule has 0 fully saturated rings. The number of aromatic hydroxyl groups is 2. The van der Waals surface area contributed by atoms with Gasteiger partial charge in [-0.1, -0.05) is 66.2 Å². The van der Waals surface area contributed by atoms with E-state index in [0.717, 1.165) is 105 Å². The standard InChI is InChI=1S/C38H46N10O2S3/c1-5-9-11-21(7-3)19-47-31(41-29-33(47)43-37(39)45-35(29)49)27-17-15-25(52-27)23-13-14-24(51-23)26-16-18-28(53-26)32-42-30-34(44-38(40)46-36(30)50)48(32)20-22(8-4)12-10-6-2/h13-18,21-22H,5-12,19-20H2,1-4H3,(H3,39,43,45,49)(H3,40,44,46,50). The molecule has 7 aromatic rings. The molecule has 7 rings (SSSR count). The van der Waals surface area contributed by atoms with Gasteiger partial charge in [0.2, 0.25) is 23.7 Å². The number of unbranched alkanes of at least 4 members (excludes halogenated alkanes) is 2. The van der Waals surface area contributed by atoms with Crippen molar-refractivity contribution in [1.82, 2.24) is 39.0 Å². The van der Waals surface area contributed by atoms with E-state index in [4.69, 9.17) is 21.4 Å². The highest BCUT2D eigenvalue weighted by Gasteiger charge is 2.24. The number of aromatic nitrogens is 8. The molecule has 0 aromatic carbocycles. The summed E-state index contributed by atoms with van der Waals surface area (Å²) < 4.78 is 4.22. The smallest absolute Gasteiger partial charge is 0.244 e. The Balaban J connectivity index is 1.19. The second-order valence-corrected chi connectivity index (χ2v) is 16.8. The number of imidazole rings is 2. The average molecular weight is 771 g/mol. The number of thiophene rings is 3. The largest absolute Gasteiger partial charge is 0.492 e. The van der Waals surface area contributed by atoms with E-state index in [1.54, 1.807) is 34.0 Å². The number of fused-ring (bicyclic) bond motifs is 2. The monoisotopic (exact) mass is 770 g/mol. The Morgan fingerprint density at radius 1 is 0.547 bits per heavy atom. The second kappa shape index (κ2) is 15.8. The summed E-state index contributed by atoms with van der Waals surface area (Å²) in [6.07, 6.45) is 8.88. The van der Waals surface area contributed by atoms with Gasteiger partial charge in [0.15, 0.2) is 34.0 Å². The molecule has 2 unspecified atom stereocenters. The first-order valence-corrected chi connectivity index (χ1v) is 20.9. The SMILES string of the molecule is CCCCC(CC)Cn1c(-c2ccc(-c3ccc(-c4ccc(-c5nc6c(O)nc(N)nc6n5CC(CC)CCCC)s4)s3)s2)nc2c(O)nc(N)nc21. The first-order valence-electron chi connectivity index (χ1n) is 18.5. The van der Waals surface area contributed by atoms with Crippen LogP contribution in [0.15, 0.2) is 36.4 Å². The highest BCUT2D eigenvalue weighted by atomic mass is 32.1. The highest BCUT2D eigenvalue weighted by Crippen LogP contribution is 2.44. The van der Waals surface area contributed by atoms with E-state index < -0.39 is 0 Å². The van der Waals surface area contributed by atoms with Crippen molar-refractivity contribution in [3.63, 3.8) is 0 Å². The molecule has 0 bridgehead atoms. The van der Waals surface area contributed by atoms with E-state index in [1.807, 2.05) is 0 Å². The maximum absolute atomic E-state index is 10.7. The summed E-state index contributed by atoms with van der Waals surface area (Å²) in [5, 5.41) is 21.3. The van der Waals surface area contributed by atoms with Gasteiger partial charge in [-0.25, -0.2) is 9.97 Å². The number of anilines is 2. The summed E-state index contributed by atoms with van der Waals surface area (Å²) in [6, 6.07) is 12.8. The first kappa shape index (κ1) is 36.7. The van der Waals surface area contributed by atoms with E-state index in [9.17, 15) is 10.2 Å². The number of nitrogen functional groups attached to an aromatic ring is 2. The number of nitrogens with zero attached hydrogens (tertiary/aromatic N) is 8. The predicted octanol–water partition coefficient (Wildman–Crippen LogP) is 9.83. The third-order valence-electron chi connectivity index (χ3n) is 9.90. The Hall–Kier alpha value is -4.60. The predicted molar refractivity (Wildman–Crippen MR) is 218 cm³/mol. The molecule has 0 saturated carbocycles. The summed E-state index contributed by atoms with van der Waals surface area (Å²) in [5.74, 6) is 2.09. The third-order valence-corrected chi connectivity index (χ3v) is 13.5. The zero-order valence-electron chi connectivity index (χ0n) is 30.5. The molecule has 7 aromatic heterocycles. The topological polar surface area (TPSA) is 180 Å². The first-order chi connectivity index (χ1) is 25.7. The van der Waals surface area contributed by atoms with Crippen LogP contribution < -0.4 is 11.5 Å². The van der Waals surface area contributed by atoms with Gasteiger partial charge in [-0.2, -0.15) is 19.9 Å². The molecule has 0 radical (unpaired) electrons. The van der Waals surface area contributed by atoms with Gasteiger partial charge < -0.3 is 30.8 Å². The van der Waals surface area contributed by atoms with Crippen LogP contribution in [0.3, 0.4) is 0 Å². The minimum Gasteiger partial charge on any atom is -0.492 e. The Kier molecular flexibility index (Phi) is 10.9. The van der Waals surface area contributed by atoms with Crippen LogP contribution >= 0.6 is 34.0 Å². The number of nitrogens with two attached hydrogens (primary N) is 2. The summed E-state index contributed by atoms with van der Waals surface area (Å²) in [6.45, 7) is 10.3. The lowest BCUT2D eigenvalue weighted by Crippen LogP contribution is -2.12. The van der Waals surface area contributed by atoms with Crippen molar-refractivity contribution < 1.29 is 10.2 Å². The fourth-order valence-corrected chi connectivity index (χ4v) is 10.1. The molecule has 0 aliphatic rings. The Labute approximate surface area is 320 Å². The van der Waals surface area contributed by atoms with Crippen LogP contribution in [0.2, 0.25) is 0 Å². The van der Waals surface area contributed by atoms with Crippen molar-refractivity contribution in [3.05, 3.63) is 36.4 Å². The molecule has 7 heterocycles. The van der Waals surface area contributed by atoms with Crippen molar-refractivity contribution in [3.8, 4) is 52.7 Å². The normalized spacial score (nSPS) is 13.1. The third kappa shape index (κ3) is 7.47. The minimum absolute atomic E-state index is 0.0323. The molecule has 0 amide bonds. The fourth-order valence-electron chi connectivity index (χ4n) is 6.86. The quantitative estimate of drug-likeness (QED) is 0.0739. The highest BCUT2D eigenvalue weighted by molar-refractivity contribution is 7.27. The van der Waals surface area contributed by atoms with Gasteiger partial charge >= 0.3 is 0 Å². The van der Waals surface area contributed by atoms with Crippen LogP contribution in [-0.4, -0.2) is 49.3 Å². The lowest BCUT2D eigenvalue weighted by Gasteiger charge is -2.17. The zero-order chi connectivity index (χ0) is 37.2. The average Bonchev–Trinajstić information content (AvgIpc) is 3.98. The van der Waals surface area contributed by atoms with E-state index in [2.05, 4.69) is 93.2 Å². The van der Waals surface area contributed by atoms with Gasteiger partial charge in [0.05, 0.1) is 9.75 Å². The molecular formula is C38H46N10O2S3. The van der Waals surface area contributed by atoms with Gasteiger partial charge in [-0.05, 0) is 61.1 Å². The van der Waals surface area contributed by atoms with Crippen molar-refractivity contribution >= 4 is 68.2 Å². The van der Waals surface area contributed by atoms with E-state index in [-0.39, 0.29) is 23.7 Å². The van der Waals surface area contributed by atoms with E-state index in [1.165, 1.54) is 0 Å². The van der Waals surface area contributed by atoms with Crippen LogP contribution in [0.5, 0.6) is 11.8 Å². The lowest BCUT2D eigenvalue weighted by molar-refractivity contribution is 0.396. The second-order valence-electron chi connectivity index (χ2n) is 13.6. The summed E-state index contributed by atoms with van der Waals surface area (Å²) in [4.78, 5) is 33.3. The molecule has 2 atom stereocenters. The van der Waals surface area contributed by atoms with Gasteiger partial charge in [0.1, 0.15) is 0 Å². The summed E-state index contributed by atoms with van der Waals surface area (Å²) in [5.41, 5.74) is 13.8. The molecule has 0 aliphatic heterocycles. The van der Waals surface area contributed by atoms with Gasteiger partial charge in [-0.3, -0.25) is 0 Å². The van der Waals surface area contributed by atoms with Crippen molar-refractivity contribution in [1.29, 1.82) is 0 Å². The lowest BCUT2D eigenvalue weighted by atomic mass is 9.99. The number of hydrogen-bond acceptors (Lipinski definition) is 13. The van der Waals surface area contributed by atoms with E-state index >= 15 is 0 Å². The minimum atomic E-state index is -0.199. The van der Waals surface area contributed by atoms with Crippen LogP contribution in [-0.2, 0) is 13.1 Å². The molecule has 12 nitrogen and oxygen atoms in total. The van der Waals surface area contributed by atoms with Crippen molar-refractivity contribution in [2.45, 2.75) is 92.2 Å². The molecule has 0 aliphatic carbocycles. The molecular weight excluding hydrogens is 725 g/mol. The Morgan fingerprint density at radius 3 is 1.26 bits per heavy atom. The van der Waals surface area contributed by atoms with Gasteiger partial charge in [0, 0.05) is 32.6 Å². The van der Waals surface area contributed by atoms with Gasteiger partial charge in [0.25, 0.3) is 0 Å². The maximum atomic E-state index is 10.7. The Bertz CT molecular complexity index is 2190. The van der Waals surface area contributed by atoms with E-state index in [0.29, 0.717) is 34.2 Å². The van der Waals surface area contributed by atoms with Crippen LogP contribution in [0.1, 0.15) is 79.1 Å². The fraction of sp³-hybridized carbons (Fsp3) is 0.421. The molecule has 0 saturated heterocycles. The summed E-state index contributed by atoms with van der Waals surface area (Å²) in [7, 11) is 0. The van der Waals surface area contributed by atoms with Gasteiger partial charge in [-0.15, -0.1) is 34.0 Å². The summed E-state index contributed by atoms with van der Waals surface area (Å²) >= 11 is 5.08. The van der Waals surface area contributed by atoms with Crippen molar-refractivity contribution in [2.24, 2.45) is 11.8 Å². The number of hydrogen-bond donors (Lipinski definition) is 4. The van der Waals surface area contributed by atoms with Crippen molar-refractivity contribution in [2.75, 3.05) is 11.5 Å². The Morgan fingerprint density at radius 2 is 0.906 bits per heavy atom. The van der Waals surface area contributed by atoms with Crippen LogP contribution in [0, 0.1) is 11.8 Å². The van der Waals surface area contributed by atoms with Crippen LogP contribution in [0.25, 0.3) is 63.2 Å². The maximum Gasteiger partial charge on any atom is 0.244 e. The molecule has 15 heteroatoms. The zero-order valence-corrected chi connectivity index (χ0v) is 33.0. The number of rotatable bonds is 16.